The largest absolute Gasteiger partial charge is 0.467 e. The van der Waals surface area contributed by atoms with Gasteiger partial charge in [-0.1, -0.05) is 30.3 Å². The first-order valence-corrected chi connectivity index (χ1v) is 10.3. The Hall–Kier alpha value is -3.29. The van der Waals surface area contributed by atoms with Crippen molar-refractivity contribution in [2.75, 3.05) is 20.2 Å². The molecule has 1 aliphatic carbocycles. The number of aromatic nitrogens is 5. The molecule has 0 bridgehead atoms. The minimum Gasteiger partial charge on any atom is -0.467 e. The van der Waals surface area contributed by atoms with E-state index < -0.39 is 0 Å². The summed E-state index contributed by atoms with van der Waals surface area (Å²) in [7, 11) is 3.24. The van der Waals surface area contributed by atoms with E-state index in [0.717, 1.165) is 42.8 Å². The topological polar surface area (TPSA) is 86.0 Å². The standard InChI is InChI=1S/C22H24N6O2/c1-27-21(30-2)25-19(26-27)20(29)28-12-6-10-22(14-28)11-9-16-13-23-18(24-17(16)22)15-7-4-3-5-8-15/h3-5,7-8,13H,6,9-12,14H2,1-2H3. The fourth-order valence-corrected chi connectivity index (χ4v) is 4.75. The maximum atomic E-state index is 13.1. The van der Waals surface area contributed by atoms with E-state index in [9.17, 15) is 4.79 Å². The number of amides is 1. The lowest BCUT2D eigenvalue weighted by molar-refractivity contribution is 0.0621. The zero-order valence-corrected chi connectivity index (χ0v) is 17.2. The SMILES string of the molecule is COc1nc(C(=O)N2CCCC3(CCc4cnc(-c5ccccc5)nc43)C2)nn1C. The third kappa shape index (κ3) is 3.03. The van der Waals surface area contributed by atoms with Gasteiger partial charge in [-0.15, -0.1) is 5.10 Å². The molecular weight excluding hydrogens is 380 g/mol. The Bertz CT molecular complexity index is 1090. The van der Waals surface area contributed by atoms with Gasteiger partial charge in [0.25, 0.3) is 5.91 Å². The summed E-state index contributed by atoms with van der Waals surface area (Å²) in [5.41, 5.74) is 3.17. The van der Waals surface area contributed by atoms with Gasteiger partial charge in [0.05, 0.1) is 12.8 Å². The molecule has 0 N–H and O–H groups in total. The van der Waals surface area contributed by atoms with Crippen molar-refractivity contribution in [1.29, 1.82) is 0 Å². The van der Waals surface area contributed by atoms with Crippen LogP contribution in [0.1, 0.15) is 41.1 Å². The van der Waals surface area contributed by atoms with Crippen LogP contribution in [0.5, 0.6) is 6.01 Å². The number of ether oxygens (including phenoxy) is 1. The first-order chi connectivity index (χ1) is 14.6. The second kappa shape index (κ2) is 7.19. The molecule has 1 fully saturated rings. The number of fused-ring (bicyclic) bond motifs is 2. The number of hydrogen-bond acceptors (Lipinski definition) is 6. The summed E-state index contributed by atoms with van der Waals surface area (Å²) in [5.74, 6) is 0.770. The lowest BCUT2D eigenvalue weighted by Gasteiger charge is -2.40. The number of likely N-dealkylation sites (tertiary alicyclic amines) is 1. The maximum Gasteiger partial charge on any atom is 0.314 e. The molecule has 30 heavy (non-hydrogen) atoms. The van der Waals surface area contributed by atoms with Crippen LogP contribution in [0.3, 0.4) is 0 Å². The molecule has 1 unspecified atom stereocenters. The van der Waals surface area contributed by atoms with Gasteiger partial charge in [0.2, 0.25) is 5.82 Å². The predicted octanol–water partition coefficient (Wildman–Crippen LogP) is 2.40. The smallest absolute Gasteiger partial charge is 0.314 e. The summed E-state index contributed by atoms with van der Waals surface area (Å²) in [5, 5.41) is 4.23. The van der Waals surface area contributed by atoms with Crippen LogP contribution >= 0.6 is 0 Å². The highest BCUT2D eigenvalue weighted by Crippen LogP contribution is 2.44. The van der Waals surface area contributed by atoms with Gasteiger partial charge in [-0.05, 0) is 31.2 Å². The fourth-order valence-electron chi connectivity index (χ4n) is 4.75. The molecule has 3 heterocycles. The first kappa shape index (κ1) is 18.7. The molecule has 1 aromatic carbocycles. The summed E-state index contributed by atoms with van der Waals surface area (Å²) in [4.78, 5) is 28.8. The number of methoxy groups -OCH3 is 1. The summed E-state index contributed by atoms with van der Waals surface area (Å²) >= 11 is 0. The minimum atomic E-state index is -0.154. The van der Waals surface area contributed by atoms with Crippen molar-refractivity contribution in [2.45, 2.75) is 31.1 Å². The van der Waals surface area contributed by atoms with Crippen LogP contribution in [-0.2, 0) is 18.9 Å². The zero-order chi connectivity index (χ0) is 20.7. The molecule has 2 aliphatic rings. The van der Waals surface area contributed by atoms with Crippen molar-refractivity contribution in [2.24, 2.45) is 7.05 Å². The van der Waals surface area contributed by atoms with Gasteiger partial charge in [-0.25, -0.2) is 14.6 Å². The number of nitrogens with zero attached hydrogens (tertiary/aromatic N) is 6. The van der Waals surface area contributed by atoms with E-state index in [-0.39, 0.29) is 17.1 Å². The van der Waals surface area contributed by atoms with Crippen LogP contribution < -0.4 is 4.74 Å². The van der Waals surface area contributed by atoms with Crippen LogP contribution in [0.25, 0.3) is 11.4 Å². The van der Waals surface area contributed by atoms with Crippen molar-refractivity contribution in [1.82, 2.24) is 29.6 Å². The number of benzene rings is 1. The van der Waals surface area contributed by atoms with Crippen molar-refractivity contribution in [3.05, 3.63) is 53.6 Å². The molecule has 1 aliphatic heterocycles. The number of rotatable bonds is 3. The second-order valence-electron chi connectivity index (χ2n) is 8.09. The van der Waals surface area contributed by atoms with E-state index in [1.54, 1.807) is 7.05 Å². The summed E-state index contributed by atoms with van der Waals surface area (Å²) in [6.45, 7) is 1.33. The zero-order valence-electron chi connectivity index (χ0n) is 17.2. The van der Waals surface area contributed by atoms with Gasteiger partial charge in [-0.3, -0.25) is 4.79 Å². The Kier molecular flexibility index (Phi) is 4.49. The third-order valence-corrected chi connectivity index (χ3v) is 6.23. The molecule has 5 rings (SSSR count). The number of aryl methyl sites for hydroxylation is 2. The molecule has 0 saturated carbocycles. The highest BCUT2D eigenvalue weighted by Gasteiger charge is 2.45. The highest BCUT2D eigenvalue weighted by molar-refractivity contribution is 5.90. The van der Waals surface area contributed by atoms with E-state index in [1.165, 1.54) is 17.4 Å². The van der Waals surface area contributed by atoms with E-state index in [4.69, 9.17) is 9.72 Å². The first-order valence-electron chi connectivity index (χ1n) is 10.3. The Balaban J connectivity index is 1.45. The molecule has 8 heteroatoms. The molecule has 1 saturated heterocycles. The normalized spacial score (nSPS) is 20.4. The third-order valence-electron chi connectivity index (χ3n) is 6.23. The van der Waals surface area contributed by atoms with Crippen molar-refractivity contribution >= 4 is 5.91 Å². The molecule has 154 valence electrons. The molecule has 1 atom stereocenters. The van der Waals surface area contributed by atoms with Gasteiger partial charge in [0.15, 0.2) is 5.82 Å². The number of carbonyl (C=O) groups is 1. The molecular formula is C22H24N6O2. The van der Waals surface area contributed by atoms with E-state index in [1.807, 2.05) is 41.4 Å². The van der Waals surface area contributed by atoms with Gasteiger partial charge >= 0.3 is 6.01 Å². The van der Waals surface area contributed by atoms with Crippen LogP contribution in [0, 0.1) is 0 Å². The van der Waals surface area contributed by atoms with Crippen LogP contribution in [0.4, 0.5) is 0 Å². The number of hydrogen-bond donors (Lipinski definition) is 0. The highest BCUT2D eigenvalue weighted by atomic mass is 16.5. The van der Waals surface area contributed by atoms with E-state index in [2.05, 4.69) is 15.1 Å². The summed E-state index contributed by atoms with van der Waals surface area (Å²) in [6.07, 6.45) is 5.85. The monoisotopic (exact) mass is 404 g/mol. The lowest BCUT2D eigenvalue weighted by Crippen LogP contribution is -2.48. The van der Waals surface area contributed by atoms with Crippen molar-refractivity contribution < 1.29 is 9.53 Å². The van der Waals surface area contributed by atoms with Gasteiger partial charge in [0.1, 0.15) is 0 Å². The van der Waals surface area contributed by atoms with Gasteiger partial charge < -0.3 is 9.64 Å². The van der Waals surface area contributed by atoms with Crippen LogP contribution in [-0.4, -0.2) is 55.7 Å². The van der Waals surface area contributed by atoms with Crippen LogP contribution in [0.2, 0.25) is 0 Å². The Morgan fingerprint density at radius 3 is 2.77 bits per heavy atom. The minimum absolute atomic E-state index is 0.130. The van der Waals surface area contributed by atoms with Gasteiger partial charge in [0, 0.05) is 37.3 Å². The maximum absolute atomic E-state index is 13.1. The van der Waals surface area contributed by atoms with Crippen LogP contribution in [0.15, 0.2) is 36.5 Å². The lowest BCUT2D eigenvalue weighted by atomic mass is 9.77. The second-order valence-corrected chi connectivity index (χ2v) is 8.09. The quantitative estimate of drug-likeness (QED) is 0.666. The van der Waals surface area contributed by atoms with Gasteiger partial charge in [-0.2, -0.15) is 4.98 Å². The molecule has 1 amide bonds. The summed E-state index contributed by atoms with van der Waals surface area (Å²) < 4.78 is 6.64. The Morgan fingerprint density at radius 2 is 2.00 bits per heavy atom. The van der Waals surface area contributed by atoms with E-state index in [0.29, 0.717) is 19.1 Å². The van der Waals surface area contributed by atoms with Crippen molar-refractivity contribution in [3.63, 3.8) is 0 Å². The molecule has 3 aromatic rings. The molecule has 8 nitrogen and oxygen atoms in total. The Labute approximate surface area is 174 Å². The average molecular weight is 404 g/mol. The number of piperidine rings is 1. The summed E-state index contributed by atoms with van der Waals surface area (Å²) in [6, 6.07) is 10.4. The van der Waals surface area contributed by atoms with Crippen molar-refractivity contribution in [3.8, 4) is 17.4 Å². The fraction of sp³-hybridized carbons (Fsp3) is 0.409. The molecule has 1 spiro atoms. The Morgan fingerprint density at radius 1 is 1.17 bits per heavy atom. The predicted molar refractivity (Wildman–Crippen MR) is 110 cm³/mol. The molecule has 0 radical (unpaired) electrons. The molecule has 2 aromatic heterocycles. The van der Waals surface area contributed by atoms with E-state index >= 15 is 0 Å². The average Bonchev–Trinajstić information content (AvgIpc) is 3.34. The number of carbonyl (C=O) groups excluding carboxylic acids is 1.